The summed E-state index contributed by atoms with van der Waals surface area (Å²) >= 11 is 0. The Labute approximate surface area is 169 Å². The van der Waals surface area contributed by atoms with E-state index >= 15 is 0 Å². The number of carbonyl (C=O) groups is 1. The highest BCUT2D eigenvalue weighted by Crippen LogP contribution is 2.54. The highest BCUT2D eigenvalue weighted by Gasteiger charge is 2.61. The molecular formula is C22H24N6O. The molecule has 1 aliphatic heterocycles. The third kappa shape index (κ3) is 2.52. The molecule has 1 amide bonds. The lowest BCUT2D eigenvalue weighted by atomic mass is 9.75. The average Bonchev–Trinajstić information content (AvgIpc) is 3.17. The van der Waals surface area contributed by atoms with Gasteiger partial charge in [0, 0.05) is 48.2 Å². The molecule has 2 atom stereocenters. The number of nitriles is 1. The number of rotatable bonds is 4. The summed E-state index contributed by atoms with van der Waals surface area (Å²) in [5.41, 5.74) is 2.82. The lowest BCUT2D eigenvalue weighted by Crippen LogP contribution is -2.37. The smallest absolute Gasteiger partial charge is 0.248 e. The minimum Gasteiger partial charge on any atom is -0.309 e. The summed E-state index contributed by atoms with van der Waals surface area (Å²) in [5, 5.41) is 18.8. The topological polar surface area (TPSA) is 79.2 Å². The molecule has 2 aliphatic rings. The first-order valence-electron chi connectivity index (χ1n) is 10.2. The number of aromatic nitrogens is 4. The minimum atomic E-state index is -0.881. The standard InChI is InChI=1S/C22H24N6O/c1-14(2)27-12-17(9-25-27)16-8-20-19(6-7-24-28(20)11-16)26-10-15(3)22(13-23,21(26)29)18-4-5-18/h6-9,11-12,14-15,18H,4-5,10H2,1-3H3/t15-,22+/m1/s1. The molecule has 0 bridgehead atoms. The molecule has 0 radical (unpaired) electrons. The molecule has 0 N–H and O–H groups in total. The van der Waals surface area contributed by atoms with Gasteiger partial charge in [-0.25, -0.2) is 4.52 Å². The van der Waals surface area contributed by atoms with E-state index in [1.807, 2.05) is 42.3 Å². The van der Waals surface area contributed by atoms with Crippen LogP contribution in [0.4, 0.5) is 5.69 Å². The van der Waals surface area contributed by atoms with Gasteiger partial charge in [-0.2, -0.15) is 15.5 Å². The molecule has 0 spiro atoms. The zero-order valence-electron chi connectivity index (χ0n) is 16.9. The second-order valence-corrected chi connectivity index (χ2v) is 8.65. The largest absolute Gasteiger partial charge is 0.309 e. The van der Waals surface area contributed by atoms with E-state index in [2.05, 4.69) is 30.1 Å². The van der Waals surface area contributed by atoms with Crippen molar-refractivity contribution in [2.24, 2.45) is 17.3 Å². The Morgan fingerprint density at radius 2 is 2.03 bits per heavy atom. The van der Waals surface area contributed by atoms with Crippen LogP contribution in [0.2, 0.25) is 0 Å². The third-order valence-electron chi connectivity index (χ3n) is 6.48. The highest BCUT2D eigenvalue weighted by atomic mass is 16.2. The predicted octanol–water partition coefficient (Wildman–Crippen LogP) is 3.68. The van der Waals surface area contributed by atoms with E-state index in [4.69, 9.17) is 0 Å². The SMILES string of the molecule is CC(C)n1cc(-c2cc3c(N4C[C@@H](C)[C@@](C#N)(C5CC5)C4=O)ccnn3c2)cn1. The fourth-order valence-corrected chi connectivity index (χ4v) is 4.66. The Morgan fingerprint density at radius 3 is 2.69 bits per heavy atom. The van der Waals surface area contributed by atoms with Crippen LogP contribution in [0.15, 0.2) is 36.9 Å². The zero-order chi connectivity index (χ0) is 20.3. The van der Waals surface area contributed by atoms with Crippen LogP contribution in [0.5, 0.6) is 0 Å². The molecule has 3 aromatic rings. The lowest BCUT2D eigenvalue weighted by molar-refractivity contribution is -0.124. The van der Waals surface area contributed by atoms with Crippen molar-refractivity contribution in [3.8, 4) is 17.2 Å². The number of nitrogens with zero attached hydrogens (tertiary/aromatic N) is 6. The van der Waals surface area contributed by atoms with Crippen LogP contribution in [-0.2, 0) is 4.79 Å². The zero-order valence-corrected chi connectivity index (χ0v) is 16.9. The van der Waals surface area contributed by atoms with Crippen molar-refractivity contribution in [1.29, 1.82) is 5.26 Å². The van der Waals surface area contributed by atoms with Gasteiger partial charge in [-0.05, 0) is 44.7 Å². The van der Waals surface area contributed by atoms with Crippen molar-refractivity contribution >= 4 is 17.1 Å². The van der Waals surface area contributed by atoms with Crippen molar-refractivity contribution < 1.29 is 4.79 Å². The molecule has 4 heterocycles. The van der Waals surface area contributed by atoms with E-state index in [1.165, 1.54) is 0 Å². The molecule has 5 rings (SSSR count). The second-order valence-electron chi connectivity index (χ2n) is 8.65. The molecule has 29 heavy (non-hydrogen) atoms. The van der Waals surface area contributed by atoms with Crippen LogP contribution in [0.3, 0.4) is 0 Å². The summed E-state index contributed by atoms with van der Waals surface area (Å²) in [5.74, 6) is 0.153. The van der Waals surface area contributed by atoms with E-state index in [0.717, 1.165) is 35.2 Å². The first-order valence-corrected chi connectivity index (χ1v) is 10.2. The quantitative estimate of drug-likeness (QED) is 0.683. The van der Waals surface area contributed by atoms with Crippen molar-refractivity contribution in [3.05, 3.63) is 36.9 Å². The van der Waals surface area contributed by atoms with E-state index in [1.54, 1.807) is 15.6 Å². The first kappa shape index (κ1) is 17.9. The van der Waals surface area contributed by atoms with Gasteiger partial charge in [0.25, 0.3) is 0 Å². The fraction of sp³-hybridized carbons (Fsp3) is 0.455. The van der Waals surface area contributed by atoms with Crippen LogP contribution in [0, 0.1) is 28.6 Å². The van der Waals surface area contributed by atoms with Crippen LogP contribution in [0.1, 0.15) is 39.7 Å². The Morgan fingerprint density at radius 1 is 1.24 bits per heavy atom. The molecule has 1 saturated heterocycles. The highest BCUT2D eigenvalue weighted by molar-refractivity contribution is 6.05. The van der Waals surface area contributed by atoms with Gasteiger partial charge >= 0.3 is 0 Å². The maximum atomic E-state index is 13.4. The first-order chi connectivity index (χ1) is 14.0. The number of fused-ring (bicyclic) bond motifs is 1. The van der Waals surface area contributed by atoms with Gasteiger partial charge in [0.05, 0.1) is 23.5 Å². The maximum absolute atomic E-state index is 13.4. The third-order valence-corrected chi connectivity index (χ3v) is 6.48. The molecule has 3 aromatic heterocycles. The van der Waals surface area contributed by atoms with E-state index < -0.39 is 5.41 Å². The van der Waals surface area contributed by atoms with E-state index in [0.29, 0.717) is 12.6 Å². The summed E-state index contributed by atoms with van der Waals surface area (Å²) in [7, 11) is 0. The minimum absolute atomic E-state index is 0.0134. The van der Waals surface area contributed by atoms with Gasteiger partial charge in [0.1, 0.15) is 5.41 Å². The Bertz CT molecular complexity index is 1150. The summed E-state index contributed by atoms with van der Waals surface area (Å²) < 4.78 is 3.73. The average molecular weight is 388 g/mol. The van der Waals surface area contributed by atoms with Gasteiger partial charge < -0.3 is 4.90 Å². The van der Waals surface area contributed by atoms with Crippen molar-refractivity contribution in [2.45, 2.75) is 39.7 Å². The molecule has 0 unspecified atom stereocenters. The summed E-state index contributed by atoms with van der Waals surface area (Å²) in [4.78, 5) is 15.2. The van der Waals surface area contributed by atoms with Crippen molar-refractivity contribution in [2.75, 3.05) is 11.4 Å². The van der Waals surface area contributed by atoms with Gasteiger partial charge in [-0.3, -0.25) is 9.48 Å². The molecule has 7 heteroatoms. The molecule has 1 saturated carbocycles. The number of hydrogen-bond acceptors (Lipinski definition) is 4. The van der Waals surface area contributed by atoms with Gasteiger partial charge in [0.15, 0.2) is 0 Å². The van der Waals surface area contributed by atoms with E-state index in [9.17, 15) is 10.1 Å². The second kappa shape index (κ2) is 6.18. The summed E-state index contributed by atoms with van der Waals surface area (Å²) in [6, 6.07) is 6.62. The van der Waals surface area contributed by atoms with E-state index in [-0.39, 0.29) is 17.7 Å². The van der Waals surface area contributed by atoms with Gasteiger partial charge in [-0.15, -0.1) is 0 Å². The monoisotopic (exact) mass is 388 g/mol. The maximum Gasteiger partial charge on any atom is 0.248 e. The van der Waals surface area contributed by atoms with Crippen LogP contribution >= 0.6 is 0 Å². The summed E-state index contributed by atoms with van der Waals surface area (Å²) in [6.07, 6.45) is 9.49. The molecule has 7 nitrogen and oxygen atoms in total. The molecule has 0 aromatic carbocycles. The molecule has 1 aliphatic carbocycles. The van der Waals surface area contributed by atoms with Crippen LogP contribution in [0.25, 0.3) is 16.6 Å². The molecule has 148 valence electrons. The number of hydrogen-bond donors (Lipinski definition) is 0. The molecular weight excluding hydrogens is 364 g/mol. The number of amides is 1. The fourth-order valence-electron chi connectivity index (χ4n) is 4.66. The van der Waals surface area contributed by atoms with Crippen molar-refractivity contribution in [1.82, 2.24) is 19.4 Å². The number of anilines is 1. The number of carbonyl (C=O) groups excluding carboxylic acids is 1. The van der Waals surface area contributed by atoms with Gasteiger partial charge in [0.2, 0.25) is 5.91 Å². The predicted molar refractivity (Wildman–Crippen MR) is 109 cm³/mol. The van der Waals surface area contributed by atoms with Gasteiger partial charge in [-0.1, -0.05) is 6.92 Å². The van der Waals surface area contributed by atoms with Crippen molar-refractivity contribution in [3.63, 3.8) is 0 Å². The Kier molecular flexibility index (Phi) is 3.82. The summed E-state index contributed by atoms with van der Waals surface area (Å²) in [6.45, 7) is 6.78. The normalized spacial score (nSPS) is 24.6. The lowest BCUT2D eigenvalue weighted by Gasteiger charge is -2.23. The molecule has 2 fully saturated rings. The Hall–Kier alpha value is -3.14. The Balaban J connectivity index is 1.57. The van der Waals surface area contributed by atoms with Crippen LogP contribution in [-0.4, -0.2) is 31.8 Å². The van der Waals surface area contributed by atoms with Crippen LogP contribution < -0.4 is 4.90 Å².